The van der Waals surface area contributed by atoms with Crippen LogP contribution in [0.3, 0.4) is 0 Å². The van der Waals surface area contributed by atoms with E-state index in [0.717, 1.165) is 5.56 Å². The summed E-state index contributed by atoms with van der Waals surface area (Å²) in [6.45, 7) is 1.02. The molecule has 0 aliphatic rings. The zero-order valence-corrected chi connectivity index (χ0v) is 7.71. The number of ether oxygens (including phenoxy) is 1. The highest BCUT2D eigenvalue weighted by Crippen LogP contribution is 1.98. The number of hydrogen-bond acceptors (Lipinski definition) is 3. The van der Waals surface area contributed by atoms with Crippen LogP contribution in [0.15, 0.2) is 23.0 Å². The highest BCUT2D eigenvalue weighted by atomic mass is 19.3. The van der Waals surface area contributed by atoms with E-state index in [9.17, 15) is 8.78 Å². The van der Waals surface area contributed by atoms with Crippen molar-refractivity contribution in [3.63, 3.8) is 0 Å². The maximum Gasteiger partial charge on any atom is 0.261 e. The minimum atomic E-state index is -2.39. The molecule has 1 heterocycles. The fourth-order valence-electron chi connectivity index (χ4n) is 0.943. The highest BCUT2D eigenvalue weighted by molar-refractivity contribution is 5.04. The van der Waals surface area contributed by atoms with Gasteiger partial charge in [0.25, 0.3) is 6.43 Å². The van der Waals surface area contributed by atoms with E-state index in [1.165, 1.54) is 0 Å². The van der Waals surface area contributed by atoms with Crippen molar-refractivity contribution in [3.05, 3.63) is 24.2 Å². The van der Waals surface area contributed by atoms with Gasteiger partial charge in [0.05, 0.1) is 19.1 Å². The molecule has 5 heteroatoms. The standard InChI is InChI=1S/C9H13F2NO2/c10-9(11)7-14-4-2-12-5-8-1-3-13-6-8/h1,3,6,9,12H,2,4-5,7H2. The summed E-state index contributed by atoms with van der Waals surface area (Å²) >= 11 is 0. The Morgan fingerprint density at radius 1 is 1.50 bits per heavy atom. The molecule has 0 saturated heterocycles. The van der Waals surface area contributed by atoms with E-state index in [-0.39, 0.29) is 0 Å². The number of halogens is 2. The normalized spacial score (nSPS) is 11.1. The van der Waals surface area contributed by atoms with Gasteiger partial charge in [-0.25, -0.2) is 8.78 Å². The first-order chi connectivity index (χ1) is 6.79. The van der Waals surface area contributed by atoms with Crippen LogP contribution in [0.25, 0.3) is 0 Å². The van der Waals surface area contributed by atoms with Crippen molar-refractivity contribution in [2.75, 3.05) is 19.8 Å². The molecule has 0 aliphatic carbocycles. The molecule has 0 aromatic carbocycles. The molecule has 0 saturated carbocycles. The van der Waals surface area contributed by atoms with E-state index in [1.807, 2.05) is 6.07 Å². The topological polar surface area (TPSA) is 34.4 Å². The molecule has 0 unspecified atom stereocenters. The molecule has 0 aliphatic heterocycles. The average molecular weight is 205 g/mol. The number of hydrogen-bond donors (Lipinski definition) is 1. The molecule has 1 N–H and O–H groups in total. The van der Waals surface area contributed by atoms with Crippen LogP contribution >= 0.6 is 0 Å². The van der Waals surface area contributed by atoms with Crippen molar-refractivity contribution in [3.8, 4) is 0 Å². The van der Waals surface area contributed by atoms with E-state index in [1.54, 1.807) is 12.5 Å². The number of furan rings is 1. The van der Waals surface area contributed by atoms with E-state index in [4.69, 9.17) is 4.42 Å². The van der Waals surface area contributed by atoms with Gasteiger partial charge in [0.1, 0.15) is 6.61 Å². The Morgan fingerprint density at radius 2 is 2.36 bits per heavy atom. The first kappa shape index (κ1) is 11.1. The first-order valence-corrected chi connectivity index (χ1v) is 4.36. The van der Waals surface area contributed by atoms with Crippen LogP contribution in [0, 0.1) is 0 Å². The zero-order valence-electron chi connectivity index (χ0n) is 7.71. The summed E-state index contributed by atoms with van der Waals surface area (Å²) in [5.41, 5.74) is 1.03. The Morgan fingerprint density at radius 3 is 3.00 bits per heavy atom. The molecular weight excluding hydrogens is 192 g/mol. The molecule has 1 aromatic heterocycles. The lowest BCUT2D eigenvalue weighted by molar-refractivity contribution is 0.0187. The second kappa shape index (κ2) is 6.50. The smallest absolute Gasteiger partial charge is 0.261 e. The van der Waals surface area contributed by atoms with Crippen molar-refractivity contribution in [1.29, 1.82) is 0 Å². The fourth-order valence-corrected chi connectivity index (χ4v) is 0.943. The van der Waals surface area contributed by atoms with Gasteiger partial charge >= 0.3 is 0 Å². The summed E-state index contributed by atoms with van der Waals surface area (Å²) in [6, 6.07) is 1.84. The molecule has 0 atom stereocenters. The fraction of sp³-hybridized carbons (Fsp3) is 0.556. The highest BCUT2D eigenvalue weighted by Gasteiger charge is 2.00. The van der Waals surface area contributed by atoms with Gasteiger partial charge < -0.3 is 14.5 Å². The van der Waals surface area contributed by atoms with Crippen molar-refractivity contribution in [1.82, 2.24) is 5.32 Å². The molecule has 1 aromatic rings. The largest absolute Gasteiger partial charge is 0.472 e. The monoisotopic (exact) mass is 205 g/mol. The van der Waals surface area contributed by atoms with E-state index >= 15 is 0 Å². The molecule has 0 fully saturated rings. The van der Waals surface area contributed by atoms with Gasteiger partial charge in [-0.2, -0.15) is 0 Å². The van der Waals surface area contributed by atoms with Crippen molar-refractivity contribution in [2.45, 2.75) is 13.0 Å². The zero-order chi connectivity index (χ0) is 10.2. The summed E-state index contributed by atoms with van der Waals surface area (Å²) in [4.78, 5) is 0. The van der Waals surface area contributed by atoms with Crippen LogP contribution in [-0.2, 0) is 11.3 Å². The number of nitrogens with one attached hydrogen (secondary N) is 1. The van der Waals surface area contributed by atoms with E-state index in [2.05, 4.69) is 10.1 Å². The van der Waals surface area contributed by atoms with Crippen LogP contribution in [0.5, 0.6) is 0 Å². The summed E-state index contributed by atoms with van der Waals surface area (Å²) in [5, 5.41) is 3.03. The third kappa shape index (κ3) is 4.94. The van der Waals surface area contributed by atoms with Crippen molar-refractivity contribution in [2.24, 2.45) is 0 Å². The lowest BCUT2D eigenvalue weighted by atomic mass is 10.3. The molecule has 0 radical (unpaired) electrons. The summed E-state index contributed by atoms with van der Waals surface area (Å²) < 4.78 is 32.8. The third-order valence-corrected chi connectivity index (χ3v) is 1.58. The summed E-state index contributed by atoms with van der Waals surface area (Å²) in [7, 11) is 0. The second-order valence-electron chi connectivity index (χ2n) is 2.77. The molecule has 3 nitrogen and oxygen atoms in total. The van der Waals surface area contributed by atoms with Crippen LogP contribution in [0.2, 0.25) is 0 Å². The van der Waals surface area contributed by atoms with Crippen LogP contribution < -0.4 is 5.32 Å². The van der Waals surface area contributed by atoms with Gasteiger partial charge in [0.2, 0.25) is 0 Å². The summed E-state index contributed by atoms with van der Waals surface area (Å²) in [6.07, 6.45) is 0.834. The minimum Gasteiger partial charge on any atom is -0.472 e. The number of rotatable bonds is 7. The predicted octanol–water partition coefficient (Wildman–Crippen LogP) is 1.65. The van der Waals surface area contributed by atoms with Gasteiger partial charge in [-0.15, -0.1) is 0 Å². The van der Waals surface area contributed by atoms with Crippen molar-refractivity contribution >= 4 is 0 Å². The van der Waals surface area contributed by atoms with Gasteiger partial charge in [-0.05, 0) is 6.07 Å². The van der Waals surface area contributed by atoms with Gasteiger partial charge in [0.15, 0.2) is 0 Å². The number of alkyl halides is 2. The van der Waals surface area contributed by atoms with Gasteiger partial charge in [0, 0.05) is 18.7 Å². The lowest BCUT2D eigenvalue weighted by Crippen LogP contribution is -2.20. The molecular formula is C9H13F2NO2. The Kier molecular flexibility index (Phi) is 5.17. The lowest BCUT2D eigenvalue weighted by Gasteiger charge is -2.04. The Labute approximate surface area is 81.0 Å². The molecule has 80 valence electrons. The molecule has 0 amide bonds. The third-order valence-electron chi connectivity index (χ3n) is 1.58. The minimum absolute atomic E-state index is 0.294. The maximum absolute atomic E-state index is 11.6. The van der Waals surface area contributed by atoms with Crippen LogP contribution in [0.4, 0.5) is 8.78 Å². The predicted molar refractivity (Wildman–Crippen MR) is 47.2 cm³/mol. The Bertz CT molecular complexity index is 227. The molecule has 0 bridgehead atoms. The second-order valence-corrected chi connectivity index (χ2v) is 2.77. The van der Waals surface area contributed by atoms with E-state index in [0.29, 0.717) is 19.7 Å². The van der Waals surface area contributed by atoms with Crippen molar-refractivity contribution < 1.29 is 17.9 Å². The van der Waals surface area contributed by atoms with E-state index < -0.39 is 13.0 Å². The SMILES string of the molecule is FC(F)COCCNCc1ccoc1. The van der Waals surface area contributed by atoms with Crippen LogP contribution in [-0.4, -0.2) is 26.2 Å². The quantitative estimate of drug-likeness (QED) is 0.687. The molecule has 14 heavy (non-hydrogen) atoms. The van der Waals surface area contributed by atoms with Crippen LogP contribution in [0.1, 0.15) is 5.56 Å². The molecule has 0 spiro atoms. The Hall–Kier alpha value is -0.940. The molecule has 1 rings (SSSR count). The van der Waals surface area contributed by atoms with Gasteiger partial charge in [-0.3, -0.25) is 0 Å². The summed E-state index contributed by atoms with van der Waals surface area (Å²) in [5.74, 6) is 0. The van der Waals surface area contributed by atoms with Gasteiger partial charge in [-0.1, -0.05) is 0 Å². The Balaban J connectivity index is 1.90. The first-order valence-electron chi connectivity index (χ1n) is 4.36. The average Bonchev–Trinajstić information content (AvgIpc) is 2.63. The maximum atomic E-state index is 11.6.